The molecule has 2 aromatic carbocycles. The van der Waals surface area contributed by atoms with Crippen molar-refractivity contribution in [2.45, 2.75) is 39.0 Å². The number of nitrogens with zero attached hydrogens (tertiary/aromatic N) is 5. The van der Waals surface area contributed by atoms with Crippen molar-refractivity contribution < 1.29 is 9.15 Å². The molecule has 9 nitrogen and oxygen atoms in total. The molecule has 1 N–H and O–H groups in total. The Hall–Kier alpha value is -3.79. The summed E-state index contributed by atoms with van der Waals surface area (Å²) in [7, 11) is 1.63. The number of hydrogen-bond donors (Lipinski definition) is 1. The molecule has 0 fully saturated rings. The van der Waals surface area contributed by atoms with Crippen LogP contribution in [-0.4, -0.2) is 43.8 Å². The predicted octanol–water partition coefficient (Wildman–Crippen LogP) is 4.76. The maximum atomic E-state index is 13.6. The second kappa shape index (κ2) is 11.7. The van der Waals surface area contributed by atoms with Gasteiger partial charge in [-0.15, -0.1) is 5.10 Å². The minimum atomic E-state index is -0.610. The summed E-state index contributed by atoms with van der Waals surface area (Å²) in [5.74, 6) is 1.26. The highest BCUT2D eigenvalue weighted by Gasteiger charge is 2.31. The fourth-order valence-electron chi connectivity index (χ4n) is 4.63. The van der Waals surface area contributed by atoms with Crippen LogP contribution in [0.2, 0.25) is 5.02 Å². The van der Waals surface area contributed by atoms with Crippen molar-refractivity contribution in [2.24, 2.45) is 0 Å². The van der Waals surface area contributed by atoms with Gasteiger partial charge in [0, 0.05) is 29.8 Å². The molecule has 1 atom stereocenters. The van der Waals surface area contributed by atoms with Crippen molar-refractivity contribution >= 4 is 22.5 Å². The summed E-state index contributed by atoms with van der Waals surface area (Å²) >= 11 is 6.59. The molecule has 0 amide bonds. The SMILES string of the molecule is CCc1ccc2[nH]c(=O)c(C(c3nnnn3CCOC)N(Cc3ccco3)Cc3ccccc3Cl)cc2c1. The lowest BCUT2D eigenvalue weighted by atomic mass is 10.0. The first-order valence-electron chi connectivity index (χ1n) is 12.5. The van der Waals surface area contributed by atoms with Crippen LogP contribution < -0.4 is 5.56 Å². The Morgan fingerprint density at radius 3 is 2.76 bits per heavy atom. The quantitative estimate of drug-likeness (QED) is 0.261. The molecule has 0 bridgehead atoms. The van der Waals surface area contributed by atoms with Crippen LogP contribution >= 0.6 is 11.6 Å². The number of ether oxygens (including phenoxy) is 1. The fraction of sp³-hybridized carbons (Fsp3) is 0.286. The normalized spacial score (nSPS) is 12.4. The highest BCUT2D eigenvalue weighted by Crippen LogP contribution is 2.31. The second-order valence-electron chi connectivity index (χ2n) is 9.06. The summed E-state index contributed by atoms with van der Waals surface area (Å²) in [4.78, 5) is 18.8. The smallest absolute Gasteiger partial charge is 0.253 e. The molecule has 0 saturated carbocycles. The van der Waals surface area contributed by atoms with Gasteiger partial charge in [-0.2, -0.15) is 0 Å². The lowest BCUT2D eigenvalue weighted by molar-refractivity contribution is 0.163. The van der Waals surface area contributed by atoms with Gasteiger partial charge in [0.2, 0.25) is 0 Å². The van der Waals surface area contributed by atoms with E-state index in [1.807, 2.05) is 54.6 Å². The molecule has 5 rings (SSSR count). The van der Waals surface area contributed by atoms with Crippen molar-refractivity contribution in [1.82, 2.24) is 30.1 Å². The zero-order valence-corrected chi connectivity index (χ0v) is 22.1. The van der Waals surface area contributed by atoms with Gasteiger partial charge in [-0.25, -0.2) is 4.68 Å². The summed E-state index contributed by atoms with van der Waals surface area (Å²) in [6, 6.07) is 18.8. The lowest BCUT2D eigenvalue weighted by Gasteiger charge is -2.30. The number of nitrogens with one attached hydrogen (secondary N) is 1. The summed E-state index contributed by atoms with van der Waals surface area (Å²) in [6.45, 7) is 3.78. The molecule has 0 saturated heterocycles. The molecule has 0 aliphatic heterocycles. The largest absolute Gasteiger partial charge is 0.468 e. The highest BCUT2D eigenvalue weighted by atomic mass is 35.5. The Bertz CT molecular complexity index is 1560. The molecule has 38 heavy (non-hydrogen) atoms. The van der Waals surface area contributed by atoms with E-state index in [2.05, 4.69) is 38.4 Å². The van der Waals surface area contributed by atoms with E-state index in [0.717, 1.165) is 28.6 Å². The van der Waals surface area contributed by atoms with Gasteiger partial charge < -0.3 is 14.1 Å². The van der Waals surface area contributed by atoms with Gasteiger partial charge in [0.05, 0.1) is 26.0 Å². The maximum Gasteiger partial charge on any atom is 0.253 e. The van der Waals surface area contributed by atoms with Crippen LogP contribution in [0.3, 0.4) is 0 Å². The van der Waals surface area contributed by atoms with Crippen molar-refractivity contribution in [3.05, 3.63) is 111 Å². The Morgan fingerprint density at radius 1 is 1.13 bits per heavy atom. The highest BCUT2D eigenvalue weighted by molar-refractivity contribution is 6.31. The third-order valence-electron chi connectivity index (χ3n) is 6.59. The topological polar surface area (TPSA) is 102 Å². The van der Waals surface area contributed by atoms with Crippen molar-refractivity contribution in [1.29, 1.82) is 0 Å². The van der Waals surface area contributed by atoms with Crippen molar-refractivity contribution in [3.63, 3.8) is 0 Å². The van der Waals surface area contributed by atoms with E-state index >= 15 is 0 Å². The number of halogens is 1. The molecule has 0 radical (unpaired) electrons. The second-order valence-corrected chi connectivity index (χ2v) is 9.47. The summed E-state index contributed by atoms with van der Waals surface area (Å²) in [6.07, 6.45) is 2.52. The van der Waals surface area contributed by atoms with Gasteiger partial charge in [-0.05, 0) is 69.8 Å². The number of furan rings is 1. The number of methoxy groups -OCH3 is 1. The third kappa shape index (κ3) is 5.55. The number of H-pyrrole nitrogens is 1. The van der Waals surface area contributed by atoms with Gasteiger partial charge >= 0.3 is 0 Å². The standard InChI is InChI=1S/C28H29ClN6O3/c1-3-19-10-11-25-21(15-19)16-23(28(36)30-25)26(27-31-32-33-35(27)12-14-37-2)34(18-22-8-6-13-38-22)17-20-7-4-5-9-24(20)29/h4-11,13,15-16,26H,3,12,14,17-18H2,1-2H3,(H,30,36). The number of pyridine rings is 1. The van der Waals surface area contributed by atoms with E-state index in [4.69, 9.17) is 20.8 Å². The third-order valence-corrected chi connectivity index (χ3v) is 6.96. The van der Waals surface area contributed by atoms with Crippen LogP contribution in [-0.2, 0) is 30.8 Å². The molecule has 0 spiro atoms. The van der Waals surface area contributed by atoms with Crippen LogP contribution in [0.5, 0.6) is 0 Å². The number of rotatable bonds is 11. The monoisotopic (exact) mass is 532 g/mol. The maximum absolute atomic E-state index is 13.6. The van der Waals surface area contributed by atoms with Gasteiger partial charge in [0.25, 0.3) is 5.56 Å². The summed E-state index contributed by atoms with van der Waals surface area (Å²) < 4.78 is 12.7. The zero-order valence-electron chi connectivity index (χ0n) is 21.3. The van der Waals surface area contributed by atoms with Crippen LogP contribution in [0, 0.1) is 0 Å². The Morgan fingerprint density at radius 2 is 2.00 bits per heavy atom. The van der Waals surface area contributed by atoms with Crippen LogP contribution in [0.1, 0.15) is 41.2 Å². The van der Waals surface area contributed by atoms with Gasteiger partial charge in [-0.1, -0.05) is 42.8 Å². The van der Waals surface area contributed by atoms with Gasteiger partial charge in [0.15, 0.2) is 5.82 Å². The van der Waals surface area contributed by atoms with Gasteiger partial charge in [0.1, 0.15) is 11.8 Å². The Kier molecular flexibility index (Phi) is 7.97. The molecule has 0 aliphatic rings. The number of tetrazole rings is 1. The fourth-order valence-corrected chi connectivity index (χ4v) is 4.82. The van der Waals surface area contributed by atoms with E-state index in [1.165, 1.54) is 5.56 Å². The van der Waals surface area contributed by atoms with Crippen molar-refractivity contribution in [3.8, 4) is 0 Å². The Balaban J connectivity index is 1.70. The van der Waals surface area contributed by atoms with E-state index < -0.39 is 6.04 Å². The lowest BCUT2D eigenvalue weighted by Crippen LogP contribution is -2.35. The number of fused-ring (bicyclic) bond motifs is 1. The minimum absolute atomic E-state index is 0.211. The molecule has 10 heteroatoms. The number of aromatic amines is 1. The molecule has 0 aliphatic carbocycles. The van der Waals surface area contributed by atoms with Crippen LogP contribution in [0.4, 0.5) is 0 Å². The molecule has 3 aromatic heterocycles. The Labute approximate surface area is 225 Å². The van der Waals surface area contributed by atoms with Crippen LogP contribution in [0.15, 0.2) is 76.1 Å². The summed E-state index contributed by atoms with van der Waals surface area (Å²) in [5.41, 5.74) is 3.18. The number of aromatic nitrogens is 5. The molecule has 1 unspecified atom stereocenters. The first-order valence-corrected chi connectivity index (χ1v) is 12.9. The van der Waals surface area contributed by atoms with E-state index in [0.29, 0.717) is 42.7 Å². The minimum Gasteiger partial charge on any atom is -0.468 e. The zero-order chi connectivity index (χ0) is 26.5. The predicted molar refractivity (Wildman–Crippen MR) is 145 cm³/mol. The first kappa shape index (κ1) is 25.8. The average molecular weight is 533 g/mol. The molecule has 5 aromatic rings. The number of hydrogen-bond acceptors (Lipinski definition) is 7. The molecule has 3 heterocycles. The first-order chi connectivity index (χ1) is 18.6. The van der Waals surface area contributed by atoms with E-state index in [9.17, 15) is 4.79 Å². The molecule has 196 valence electrons. The van der Waals surface area contributed by atoms with Crippen molar-refractivity contribution in [2.75, 3.05) is 13.7 Å². The molecular weight excluding hydrogens is 504 g/mol. The van der Waals surface area contributed by atoms with Gasteiger partial charge in [-0.3, -0.25) is 9.69 Å². The van der Waals surface area contributed by atoms with E-state index in [1.54, 1.807) is 18.1 Å². The molecular formula is C28H29ClN6O3. The van der Waals surface area contributed by atoms with E-state index in [-0.39, 0.29) is 5.56 Å². The van der Waals surface area contributed by atoms with Crippen LogP contribution in [0.25, 0.3) is 10.9 Å². The number of aryl methyl sites for hydroxylation is 1. The number of benzene rings is 2. The average Bonchev–Trinajstić information content (AvgIpc) is 3.61. The summed E-state index contributed by atoms with van der Waals surface area (Å²) in [5, 5.41) is 14.2.